The lowest BCUT2D eigenvalue weighted by Gasteiger charge is -2.03. The van der Waals surface area contributed by atoms with Gasteiger partial charge in [0.05, 0.1) is 16.8 Å². The monoisotopic (exact) mass is 329 g/mol. The molecule has 0 heterocycles. The van der Waals surface area contributed by atoms with Gasteiger partial charge in [-0.2, -0.15) is 0 Å². The number of non-ortho nitro benzene ring substituents is 1. The van der Waals surface area contributed by atoms with Crippen LogP contribution >= 0.6 is 0 Å². The fraction of sp³-hybridized carbons (Fsp3) is 0.0952. The van der Waals surface area contributed by atoms with Gasteiger partial charge in [-0.1, -0.05) is 30.3 Å². The topological polar surface area (TPSA) is 55.2 Å². The fourth-order valence-electron chi connectivity index (χ4n) is 3.31. The van der Waals surface area contributed by atoms with Crippen molar-refractivity contribution < 1.29 is 4.92 Å². The number of rotatable bonds is 5. The summed E-state index contributed by atoms with van der Waals surface area (Å²) in [5.41, 5.74) is 3.51. The zero-order valence-electron chi connectivity index (χ0n) is 13.5. The SMILES string of the molecule is O=[N+]([O-])c1ccc(NC2[C+](c3ccccc3)C2c2ccccc2)cc1. The van der Waals surface area contributed by atoms with Gasteiger partial charge in [0.1, 0.15) is 11.6 Å². The summed E-state index contributed by atoms with van der Waals surface area (Å²) in [5.74, 6) is 1.67. The van der Waals surface area contributed by atoms with Crippen LogP contribution in [0.4, 0.5) is 11.4 Å². The van der Waals surface area contributed by atoms with Gasteiger partial charge >= 0.3 is 0 Å². The van der Waals surface area contributed by atoms with Crippen molar-refractivity contribution in [2.24, 2.45) is 0 Å². The summed E-state index contributed by atoms with van der Waals surface area (Å²) in [5, 5.41) is 14.3. The first kappa shape index (κ1) is 15.3. The van der Waals surface area contributed by atoms with Crippen LogP contribution in [0.5, 0.6) is 0 Å². The molecule has 4 heteroatoms. The summed E-state index contributed by atoms with van der Waals surface area (Å²) in [6, 6.07) is 27.6. The van der Waals surface area contributed by atoms with Crippen LogP contribution in [0.1, 0.15) is 17.0 Å². The van der Waals surface area contributed by atoms with E-state index in [1.165, 1.54) is 29.2 Å². The minimum atomic E-state index is -0.380. The van der Waals surface area contributed by atoms with Crippen molar-refractivity contribution in [1.29, 1.82) is 0 Å². The zero-order valence-corrected chi connectivity index (χ0v) is 13.5. The number of nitrogens with one attached hydrogen (secondary N) is 1. The van der Waals surface area contributed by atoms with E-state index in [0.29, 0.717) is 5.92 Å². The third-order valence-electron chi connectivity index (χ3n) is 4.56. The molecule has 4 rings (SSSR count). The molecule has 1 aliphatic rings. The highest BCUT2D eigenvalue weighted by atomic mass is 16.6. The van der Waals surface area contributed by atoms with Crippen LogP contribution in [0.3, 0.4) is 0 Å². The van der Waals surface area contributed by atoms with Gasteiger partial charge in [-0.3, -0.25) is 10.1 Å². The largest absolute Gasteiger partial charge is 0.366 e. The lowest BCUT2D eigenvalue weighted by Crippen LogP contribution is -2.05. The van der Waals surface area contributed by atoms with E-state index in [-0.39, 0.29) is 16.7 Å². The average Bonchev–Trinajstić information content (AvgIpc) is 3.37. The number of nitrogens with zero attached hydrogens (tertiary/aromatic N) is 1. The maximum atomic E-state index is 10.8. The molecule has 0 spiro atoms. The van der Waals surface area contributed by atoms with Gasteiger partial charge in [0.15, 0.2) is 0 Å². The van der Waals surface area contributed by atoms with E-state index in [4.69, 9.17) is 0 Å². The van der Waals surface area contributed by atoms with Gasteiger partial charge in [0, 0.05) is 30.0 Å². The molecule has 2 unspecified atom stereocenters. The minimum Gasteiger partial charge on any atom is -0.366 e. The first-order valence-electron chi connectivity index (χ1n) is 8.22. The van der Waals surface area contributed by atoms with Crippen LogP contribution < -0.4 is 5.32 Å². The number of hydrogen-bond donors (Lipinski definition) is 1. The molecular weight excluding hydrogens is 312 g/mol. The highest BCUT2D eigenvalue weighted by Gasteiger charge is 2.58. The van der Waals surface area contributed by atoms with E-state index >= 15 is 0 Å². The number of hydrogen-bond acceptors (Lipinski definition) is 3. The number of benzene rings is 3. The Morgan fingerprint density at radius 1 is 0.840 bits per heavy atom. The van der Waals surface area contributed by atoms with Crippen LogP contribution in [-0.2, 0) is 0 Å². The molecule has 4 nitrogen and oxygen atoms in total. The third kappa shape index (κ3) is 3.06. The van der Waals surface area contributed by atoms with E-state index in [9.17, 15) is 10.1 Å². The maximum Gasteiger partial charge on any atom is 0.269 e. The Morgan fingerprint density at radius 3 is 2.04 bits per heavy atom. The second-order valence-corrected chi connectivity index (χ2v) is 6.14. The molecule has 1 saturated carbocycles. The van der Waals surface area contributed by atoms with Crippen molar-refractivity contribution in [3.8, 4) is 0 Å². The van der Waals surface area contributed by atoms with Crippen molar-refractivity contribution in [1.82, 2.24) is 0 Å². The molecule has 0 bridgehead atoms. The van der Waals surface area contributed by atoms with Crippen molar-refractivity contribution in [3.05, 3.63) is 112 Å². The molecule has 0 aromatic heterocycles. The van der Waals surface area contributed by atoms with Crippen LogP contribution in [-0.4, -0.2) is 11.0 Å². The lowest BCUT2D eigenvalue weighted by atomic mass is 10.0. The molecule has 1 N–H and O–H groups in total. The summed E-state index contributed by atoms with van der Waals surface area (Å²) in [7, 11) is 0. The van der Waals surface area contributed by atoms with Crippen LogP contribution in [0, 0.1) is 16.0 Å². The summed E-state index contributed by atoms with van der Waals surface area (Å²) in [4.78, 5) is 10.4. The fourth-order valence-corrected chi connectivity index (χ4v) is 3.31. The Bertz CT molecular complexity index is 818. The Labute approximate surface area is 146 Å². The Morgan fingerprint density at radius 2 is 1.44 bits per heavy atom. The first-order chi connectivity index (χ1) is 12.2. The van der Waals surface area contributed by atoms with Gasteiger partial charge in [-0.25, -0.2) is 0 Å². The van der Waals surface area contributed by atoms with Crippen LogP contribution in [0.15, 0.2) is 84.9 Å². The molecule has 122 valence electrons. The minimum absolute atomic E-state index is 0.105. The highest BCUT2D eigenvalue weighted by molar-refractivity contribution is 5.62. The van der Waals surface area contributed by atoms with E-state index < -0.39 is 0 Å². The van der Waals surface area contributed by atoms with Crippen molar-refractivity contribution in [3.63, 3.8) is 0 Å². The molecule has 3 aromatic rings. The standard InChI is InChI=1S/C21H17N2O2/c24-23(25)18-13-11-17(12-14-18)22-21-19(15-7-3-1-4-8-15)20(21)16-9-5-2-6-10-16/h1-14,19,21-22H/q+1. The van der Waals surface area contributed by atoms with Crippen molar-refractivity contribution in [2.45, 2.75) is 12.0 Å². The normalized spacial score (nSPS) is 18.6. The molecule has 0 radical (unpaired) electrons. The second-order valence-electron chi connectivity index (χ2n) is 6.14. The Hall–Kier alpha value is -3.27. The molecule has 1 aliphatic carbocycles. The lowest BCUT2D eigenvalue weighted by molar-refractivity contribution is -0.384. The molecule has 0 amide bonds. The smallest absolute Gasteiger partial charge is 0.269 e. The molecule has 1 fully saturated rings. The van der Waals surface area contributed by atoms with Gasteiger partial charge in [0.2, 0.25) is 0 Å². The molecule has 0 aliphatic heterocycles. The van der Waals surface area contributed by atoms with E-state index in [1.807, 2.05) is 24.3 Å². The highest BCUT2D eigenvalue weighted by Crippen LogP contribution is 2.55. The summed E-state index contributed by atoms with van der Waals surface area (Å²) in [6.45, 7) is 0. The number of nitro benzene ring substituents is 1. The average molecular weight is 329 g/mol. The van der Waals surface area contributed by atoms with Gasteiger partial charge in [0.25, 0.3) is 5.69 Å². The molecule has 2 atom stereocenters. The van der Waals surface area contributed by atoms with Crippen molar-refractivity contribution in [2.75, 3.05) is 5.32 Å². The van der Waals surface area contributed by atoms with E-state index in [0.717, 1.165) is 5.69 Å². The Balaban J connectivity index is 1.59. The quantitative estimate of drug-likeness (QED) is 0.416. The van der Waals surface area contributed by atoms with Crippen LogP contribution in [0.25, 0.3) is 0 Å². The summed E-state index contributed by atoms with van der Waals surface area (Å²) in [6.07, 6.45) is 0. The van der Waals surface area contributed by atoms with Gasteiger partial charge in [-0.15, -0.1) is 0 Å². The van der Waals surface area contributed by atoms with Crippen molar-refractivity contribution >= 4 is 11.4 Å². The molecule has 3 aromatic carbocycles. The first-order valence-corrected chi connectivity index (χ1v) is 8.22. The third-order valence-corrected chi connectivity index (χ3v) is 4.56. The predicted octanol–water partition coefficient (Wildman–Crippen LogP) is 4.80. The molecular formula is C21H17N2O2+. The number of nitro groups is 1. The van der Waals surface area contributed by atoms with E-state index in [2.05, 4.69) is 41.7 Å². The van der Waals surface area contributed by atoms with Gasteiger partial charge in [-0.05, 0) is 35.9 Å². The van der Waals surface area contributed by atoms with E-state index in [1.54, 1.807) is 12.1 Å². The van der Waals surface area contributed by atoms with Gasteiger partial charge < -0.3 is 5.32 Å². The van der Waals surface area contributed by atoms with Crippen LogP contribution in [0.2, 0.25) is 0 Å². The molecule has 25 heavy (non-hydrogen) atoms. The summed E-state index contributed by atoms with van der Waals surface area (Å²) < 4.78 is 0. The zero-order chi connectivity index (χ0) is 17.2. The second kappa shape index (κ2) is 6.32. The number of anilines is 1. The predicted molar refractivity (Wildman–Crippen MR) is 98.5 cm³/mol. The maximum absolute atomic E-state index is 10.8. The summed E-state index contributed by atoms with van der Waals surface area (Å²) >= 11 is 0. The molecule has 0 saturated heterocycles. The Kier molecular flexibility index (Phi) is 3.86.